The summed E-state index contributed by atoms with van der Waals surface area (Å²) in [4.78, 5) is 12.7. The van der Waals surface area contributed by atoms with Crippen LogP contribution in [0.5, 0.6) is 5.75 Å². The molecule has 0 bridgehead atoms. The van der Waals surface area contributed by atoms with Crippen molar-refractivity contribution < 1.29 is 9.13 Å². The van der Waals surface area contributed by atoms with Crippen LogP contribution in [0.25, 0.3) is 22.2 Å². The van der Waals surface area contributed by atoms with Crippen molar-refractivity contribution in [2.45, 2.75) is 6.42 Å². The number of nitrogens with zero attached hydrogens (tertiary/aromatic N) is 3. The average molecular weight is 443 g/mol. The first kappa shape index (κ1) is 20.3. The lowest BCUT2D eigenvalue weighted by molar-refractivity contribution is 0.316. The smallest absolute Gasteiger partial charge is 0.156 e. The van der Waals surface area contributed by atoms with Gasteiger partial charge in [-0.3, -0.25) is 0 Å². The number of benzene rings is 2. The van der Waals surface area contributed by atoms with Crippen molar-refractivity contribution in [1.82, 2.24) is 15.0 Å². The second-order valence-corrected chi connectivity index (χ2v) is 7.28. The van der Waals surface area contributed by atoms with Crippen molar-refractivity contribution in [3.63, 3.8) is 0 Å². The van der Waals surface area contributed by atoms with Gasteiger partial charge in [-0.15, -0.1) is 0 Å². The van der Waals surface area contributed by atoms with E-state index in [9.17, 15) is 4.39 Å². The van der Waals surface area contributed by atoms with E-state index in [-0.39, 0.29) is 5.02 Å². The van der Waals surface area contributed by atoms with Crippen LogP contribution < -0.4 is 10.1 Å². The molecule has 0 radical (unpaired) electrons. The van der Waals surface area contributed by atoms with Crippen LogP contribution >= 0.6 is 23.2 Å². The predicted octanol–water partition coefficient (Wildman–Crippen LogP) is 6.02. The third-order valence-corrected chi connectivity index (χ3v) is 4.89. The molecule has 2 heterocycles. The quantitative estimate of drug-likeness (QED) is 0.280. The normalized spacial score (nSPS) is 10.9. The molecule has 0 aliphatic heterocycles. The van der Waals surface area contributed by atoms with Gasteiger partial charge < -0.3 is 10.1 Å². The first-order valence-electron chi connectivity index (χ1n) is 9.30. The fourth-order valence-corrected chi connectivity index (χ4v) is 3.45. The van der Waals surface area contributed by atoms with Gasteiger partial charge >= 0.3 is 0 Å². The van der Waals surface area contributed by atoms with E-state index in [2.05, 4.69) is 20.3 Å². The minimum Gasteiger partial charge on any atom is -0.491 e. The predicted molar refractivity (Wildman–Crippen MR) is 118 cm³/mol. The molecule has 30 heavy (non-hydrogen) atoms. The van der Waals surface area contributed by atoms with Crippen molar-refractivity contribution in [2.24, 2.45) is 0 Å². The maximum atomic E-state index is 13.9. The Hall–Kier alpha value is -2.96. The topological polar surface area (TPSA) is 59.9 Å². The SMILES string of the molecule is Fc1cc(Cl)c(OCCCNc2ncnc3ccc(Cl)nc23)c(-c2ccccc2)c1. The first-order chi connectivity index (χ1) is 14.6. The van der Waals surface area contributed by atoms with Gasteiger partial charge in [0, 0.05) is 12.1 Å². The number of pyridine rings is 1. The summed E-state index contributed by atoms with van der Waals surface area (Å²) in [6.07, 6.45) is 2.13. The number of hydrogen-bond donors (Lipinski definition) is 1. The molecule has 1 N–H and O–H groups in total. The number of nitrogens with one attached hydrogen (secondary N) is 1. The molecule has 2 aromatic heterocycles. The Morgan fingerprint density at radius 3 is 2.67 bits per heavy atom. The van der Waals surface area contributed by atoms with E-state index in [4.69, 9.17) is 27.9 Å². The van der Waals surface area contributed by atoms with Gasteiger partial charge in [0.05, 0.1) is 17.1 Å². The molecule has 0 spiro atoms. The van der Waals surface area contributed by atoms with Gasteiger partial charge in [-0.1, -0.05) is 53.5 Å². The summed E-state index contributed by atoms with van der Waals surface area (Å²) in [7, 11) is 0. The Morgan fingerprint density at radius 2 is 1.83 bits per heavy atom. The van der Waals surface area contributed by atoms with Crippen molar-refractivity contribution in [3.05, 3.63) is 76.9 Å². The number of aromatic nitrogens is 3. The zero-order valence-corrected chi connectivity index (χ0v) is 17.3. The van der Waals surface area contributed by atoms with Gasteiger partial charge in [0.15, 0.2) is 5.82 Å². The van der Waals surface area contributed by atoms with Crippen LogP contribution in [0, 0.1) is 5.82 Å². The lowest BCUT2D eigenvalue weighted by Crippen LogP contribution is -2.10. The number of anilines is 1. The van der Waals surface area contributed by atoms with Crippen molar-refractivity contribution in [3.8, 4) is 16.9 Å². The second kappa shape index (κ2) is 9.24. The average Bonchev–Trinajstić information content (AvgIpc) is 2.75. The molecule has 0 unspecified atom stereocenters. The number of fused-ring (bicyclic) bond motifs is 1. The molecule has 0 atom stereocenters. The molecule has 0 aliphatic carbocycles. The largest absolute Gasteiger partial charge is 0.491 e. The lowest BCUT2D eigenvalue weighted by Gasteiger charge is -2.14. The first-order valence-corrected chi connectivity index (χ1v) is 10.1. The van der Waals surface area contributed by atoms with Crippen molar-refractivity contribution in [1.29, 1.82) is 0 Å². The summed E-state index contributed by atoms with van der Waals surface area (Å²) < 4.78 is 19.8. The Balaban J connectivity index is 1.42. The molecule has 0 amide bonds. The zero-order chi connectivity index (χ0) is 20.9. The third-order valence-electron chi connectivity index (χ3n) is 4.40. The molecule has 5 nitrogen and oxygen atoms in total. The standard InChI is InChI=1S/C22H17Cl2FN4O/c23-17-12-15(25)11-16(14-5-2-1-3-6-14)21(17)30-10-4-9-26-22-20-18(27-13-28-22)7-8-19(24)29-20/h1-3,5-8,11-13H,4,9-10H2,(H,26,27,28). The molecular weight excluding hydrogens is 426 g/mol. The van der Waals surface area contributed by atoms with E-state index < -0.39 is 5.82 Å². The molecule has 2 aromatic carbocycles. The number of hydrogen-bond acceptors (Lipinski definition) is 5. The molecule has 0 saturated heterocycles. The summed E-state index contributed by atoms with van der Waals surface area (Å²) in [5.41, 5.74) is 2.77. The Labute approximate surface area is 182 Å². The number of rotatable bonds is 7. The van der Waals surface area contributed by atoms with Crippen LogP contribution in [0.3, 0.4) is 0 Å². The Kier molecular flexibility index (Phi) is 6.26. The van der Waals surface area contributed by atoms with Gasteiger partial charge in [0.25, 0.3) is 0 Å². The molecule has 0 aliphatic rings. The number of halogens is 3. The molecule has 4 aromatic rings. The minimum atomic E-state index is -0.408. The van der Waals surface area contributed by atoms with Gasteiger partial charge in [-0.05, 0) is 36.2 Å². The number of ether oxygens (including phenoxy) is 1. The van der Waals surface area contributed by atoms with Crippen LogP contribution in [0.1, 0.15) is 6.42 Å². The maximum absolute atomic E-state index is 13.9. The van der Waals surface area contributed by atoms with E-state index >= 15 is 0 Å². The monoisotopic (exact) mass is 442 g/mol. The molecular formula is C22H17Cl2FN4O. The van der Waals surface area contributed by atoms with Gasteiger partial charge in [0.1, 0.15) is 28.6 Å². The molecule has 152 valence electrons. The second-order valence-electron chi connectivity index (χ2n) is 6.48. The van der Waals surface area contributed by atoms with E-state index in [0.29, 0.717) is 52.9 Å². The minimum absolute atomic E-state index is 0.238. The van der Waals surface area contributed by atoms with Gasteiger partial charge in [-0.25, -0.2) is 19.3 Å². The van der Waals surface area contributed by atoms with Crippen LogP contribution in [0.2, 0.25) is 10.2 Å². The lowest BCUT2D eigenvalue weighted by atomic mass is 10.0. The van der Waals surface area contributed by atoms with E-state index in [1.54, 1.807) is 12.1 Å². The van der Waals surface area contributed by atoms with Gasteiger partial charge in [0.2, 0.25) is 0 Å². The van der Waals surface area contributed by atoms with Crippen molar-refractivity contribution in [2.75, 3.05) is 18.5 Å². The maximum Gasteiger partial charge on any atom is 0.156 e. The van der Waals surface area contributed by atoms with Crippen LogP contribution in [0.4, 0.5) is 10.2 Å². The summed E-state index contributed by atoms with van der Waals surface area (Å²) in [6.45, 7) is 0.967. The van der Waals surface area contributed by atoms with Crippen LogP contribution in [-0.2, 0) is 0 Å². The highest BCUT2D eigenvalue weighted by molar-refractivity contribution is 6.32. The Morgan fingerprint density at radius 1 is 1.00 bits per heavy atom. The fraction of sp³-hybridized carbons (Fsp3) is 0.136. The van der Waals surface area contributed by atoms with Crippen molar-refractivity contribution >= 4 is 40.1 Å². The Bertz CT molecular complexity index is 1170. The van der Waals surface area contributed by atoms with E-state index in [1.807, 2.05) is 30.3 Å². The summed E-state index contributed by atoms with van der Waals surface area (Å²) in [5.74, 6) is 0.659. The summed E-state index contributed by atoms with van der Waals surface area (Å²) in [5, 5.41) is 3.84. The summed E-state index contributed by atoms with van der Waals surface area (Å²) in [6, 6.07) is 15.6. The summed E-state index contributed by atoms with van der Waals surface area (Å²) >= 11 is 12.2. The molecule has 8 heteroatoms. The molecule has 0 fully saturated rings. The van der Waals surface area contributed by atoms with Gasteiger partial charge in [-0.2, -0.15) is 0 Å². The van der Waals surface area contributed by atoms with Crippen LogP contribution in [-0.4, -0.2) is 28.1 Å². The van der Waals surface area contributed by atoms with Crippen LogP contribution in [0.15, 0.2) is 60.9 Å². The highest BCUT2D eigenvalue weighted by Gasteiger charge is 2.13. The fourth-order valence-electron chi connectivity index (χ4n) is 3.04. The molecule has 0 saturated carbocycles. The highest BCUT2D eigenvalue weighted by Crippen LogP contribution is 2.37. The third kappa shape index (κ3) is 4.61. The van der Waals surface area contributed by atoms with E-state index in [1.165, 1.54) is 18.5 Å². The van der Waals surface area contributed by atoms with E-state index in [0.717, 1.165) is 5.56 Å². The molecule has 4 rings (SSSR count). The zero-order valence-electron chi connectivity index (χ0n) is 15.8. The highest BCUT2D eigenvalue weighted by atomic mass is 35.5.